The predicted octanol–water partition coefficient (Wildman–Crippen LogP) is 3.86. The molecule has 0 spiro atoms. The van der Waals surface area contributed by atoms with Crippen molar-refractivity contribution in [2.45, 2.75) is 6.54 Å². The second kappa shape index (κ2) is 7.29. The van der Waals surface area contributed by atoms with Gasteiger partial charge in [0.15, 0.2) is 0 Å². The van der Waals surface area contributed by atoms with Gasteiger partial charge in [0.05, 0.1) is 17.3 Å². The average Bonchev–Trinajstić information content (AvgIpc) is 2.47. The summed E-state index contributed by atoms with van der Waals surface area (Å²) in [5.74, 6) is -0.613. The zero-order chi connectivity index (χ0) is 15.2. The fraction of sp³-hybridized carbons (Fsp3) is 0.133. The molecular weight excluding hydrogens is 314 g/mol. The summed E-state index contributed by atoms with van der Waals surface area (Å²) in [5, 5.41) is 6.50. The van der Waals surface area contributed by atoms with Crippen LogP contribution in [0.5, 0.6) is 0 Å². The first-order chi connectivity index (χ1) is 10.1. The second-order valence-electron chi connectivity index (χ2n) is 4.35. The molecule has 21 heavy (non-hydrogen) atoms. The Morgan fingerprint density at radius 3 is 2.67 bits per heavy atom. The van der Waals surface area contributed by atoms with Crippen molar-refractivity contribution in [1.82, 2.24) is 5.32 Å². The third kappa shape index (κ3) is 4.62. The number of rotatable bonds is 5. The second-order valence-corrected chi connectivity index (χ2v) is 5.19. The fourth-order valence-corrected chi connectivity index (χ4v) is 2.06. The summed E-state index contributed by atoms with van der Waals surface area (Å²) in [6, 6.07) is 11.2. The monoisotopic (exact) mass is 326 g/mol. The molecule has 0 atom stereocenters. The summed E-state index contributed by atoms with van der Waals surface area (Å²) < 4.78 is 13.4. The standard InChI is InChI=1S/C15H13Cl2FN2O/c16-11-5-6-12(17)14(7-11)19-9-15(21)20-8-10-3-1-2-4-13(10)18/h1-7,19H,8-9H2,(H,20,21). The van der Waals surface area contributed by atoms with Crippen LogP contribution in [0.1, 0.15) is 5.56 Å². The Bertz CT molecular complexity index is 649. The van der Waals surface area contributed by atoms with Gasteiger partial charge in [-0.05, 0) is 24.3 Å². The van der Waals surface area contributed by atoms with Gasteiger partial charge in [0.2, 0.25) is 5.91 Å². The normalized spacial score (nSPS) is 10.2. The molecule has 0 bridgehead atoms. The summed E-state index contributed by atoms with van der Waals surface area (Å²) in [7, 11) is 0. The molecule has 0 aliphatic carbocycles. The van der Waals surface area contributed by atoms with Gasteiger partial charge in [-0.25, -0.2) is 4.39 Å². The lowest BCUT2D eigenvalue weighted by atomic mass is 10.2. The maximum atomic E-state index is 13.4. The van der Waals surface area contributed by atoms with Crippen LogP contribution in [-0.4, -0.2) is 12.5 Å². The molecule has 0 heterocycles. The third-order valence-corrected chi connectivity index (χ3v) is 3.37. The molecule has 0 aromatic heterocycles. The molecule has 0 aliphatic rings. The van der Waals surface area contributed by atoms with Crippen molar-refractivity contribution >= 4 is 34.8 Å². The van der Waals surface area contributed by atoms with Crippen molar-refractivity contribution in [3.05, 3.63) is 63.9 Å². The Morgan fingerprint density at radius 1 is 1.14 bits per heavy atom. The Kier molecular flexibility index (Phi) is 5.42. The van der Waals surface area contributed by atoms with Gasteiger partial charge < -0.3 is 10.6 Å². The van der Waals surface area contributed by atoms with E-state index in [2.05, 4.69) is 10.6 Å². The van der Waals surface area contributed by atoms with E-state index in [9.17, 15) is 9.18 Å². The fourth-order valence-electron chi connectivity index (χ4n) is 1.71. The molecule has 3 nitrogen and oxygen atoms in total. The first-order valence-corrected chi connectivity index (χ1v) is 7.01. The van der Waals surface area contributed by atoms with Crippen LogP contribution in [0.4, 0.5) is 10.1 Å². The maximum Gasteiger partial charge on any atom is 0.239 e. The Balaban J connectivity index is 1.85. The van der Waals surface area contributed by atoms with Crippen molar-refractivity contribution in [2.24, 2.45) is 0 Å². The number of anilines is 1. The van der Waals surface area contributed by atoms with Crippen molar-refractivity contribution in [2.75, 3.05) is 11.9 Å². The largest absolute Gasteiger partial charge is 0.375 e. The highest BCUT2D eigenvalue weighted by molar-refractivity contribution is 6.35. The molecule has 0 saturated carbocycles. The molecule has 110 valence electrons. The lowest BCUT2D eigenvalue weighted by molar-refractivity contribution is -0.119. The van der Waals surface area contributed by atoms with E-state index < -0.39 is 0 Å². The molecular formula is C15H13Cl2FN2O. The van der Waals surface area contributed by atoms with Crippen molar-refractivity contribution < 1.29 is 9.18 Å². The zero-order valence-corrected chi connectivity index (χ0v) is 12.5. The predicted molar refractivity (Wildman–Crippen MR) is 83.2 cm³/mol. The molecule has 6 heteroatoms. The minimum atomic E-state index is -0.344. The van der Waals surface area contributed by atoms with Gasteiger partial charge in [-0.15, -0.1) is 0 Å². The summed E-state index contributed by atoms with van der Waals surface area (Å²) in [4.78, 5) is 11.7. The number of benzene rings is 2. The Morgan fingerprint density at radius 2 is 1.90 bits per heavy atom. The topological polar surface area (TPSA) is 41.1 Å². The van der Waals surface area contributed by atoms with E-state index in [0.29, 0.717) is 21.3 Å². The zero-order valence-electron chi connectivity index (χ0n) is 11.0. The van der Waals surface area contributed by atoms with E-state index in [4.69, 9.17) is 23.2 Å². The van der Waals surface area contributed by atoms with Gasteiger partial charge in [0.1, 0.15) is 5.82 Å². The van der Waals surface area contributed by atoms with Gasteiger partial charge in [-0.3, -0.25) is 4.79 Å². The number of nitrogens with one attached hydrogen (secondary N) is 2. The smallest absolute Gasteiger partial charge is 0.239 e. The minimum absolute atomic E-state index is 0.0223. The SMILES string of the molecule is O=C(CNc1cc(Cl)ccc1Cl)NCc1ccccc1F. The van der Waals surface area contributed by atoms with E-state index >= 15 is 0 Å². The maximum absolute atomic E-state index is 13.4. The number of hydrogen-bond donors (Lipinski definition) is 2. The molecule has 0 unspecified atom stereocenters. The minimum Gasteiger partial charge on any atom is -0.375 e. The molecule has 0 fully saturated rings. The molecule has 1 amide bonds. The first-order valence-electron chi connectivity index (χ1n) is 6.25. The van der Waals surface area contributed by atoms with Crippen molar-refractivity contribution in [3.63, 3.8) is 0 Å². The van der Waals surface area contributed by atoms with Crippen LogP contribution in [0.2, 0.25) is 10.0 Å². The van der Waals surface area contributed by atoms with Gasteiger partial charge >= 0.3 is 0 Å². The molecule has 2 rings (SSSR count). The number of halogens is 3. The van der Waals surface area contributed by atoms with E-state index in [0.717, 1.165) is 0 Å². The molecule has 2 N–H and O–H groups in total. The summed E-state index contributed by atoms with van der Waals surface area (Å²) >= 11 is 11.8. The van der Waals surface area contributed by atoms with Crippen LogP contribution in [0.15, 0.2) is 42.5 Å². The van der Waals surface area contributed by atoms with Crippen LogP contribution in [0.25, 0.3) is 0 Å². The number of amides is 1. The van der Waals surface area contributed by atoms with E-state index in [1.807, 2.05) is 0 Å². The molecule has 0 saturated heterocycles. The highest BCUT2D eigenvalue weighted by Gasteiger charge is 2.06. The van der Waals surface area contributed by atoms with Crippen molar-refractivity contribution in [1.29, 1.82) is 0 Å². The highest BCUT2D eigenvalue weighted by atomic mass is 35.5. The third-order valence-electron chi connectivity index (χ3n) is 2.80. The number of carbonyl (C=O) groups is 1. The summed E-state index contributed by atoms with van der Waals surface area (Å²) in [5.41, 5.74) is 1.01. The van der Waals surface area contributed by atoms with E-state index in [1.165, 1.54) is 6.07 Å². The summed E-state index contributed by atoms with van der Waals surface area (Å²) in [6.45, 7) is 0.158. The molecule has 2 aromatic carbocycles. The van der Waals surface area contributed by atoms with Gasteiger partial charge in [-0.1, -0.05) is 41.4 Å². The Labute approximate surface area is 132 Å². The average molecular weight is 327 g/mol. The van der Waals surface area contributed by atoms with Crippen LogP contribution < -0.4 is 10.6 Å². The van der Waals surface area contributed by atoms with Crippen molar-refractivity contribution in [3.8, 4) is 0 Å². The van der Waals surface area contributed by atoms with E-state index in [1.54, 1.807) is 36.4 Å². The molecule has 0 radical (unpaired) electrons. The first kappa shape index (κ1) is 15.6. The lowest BCUT2D eigenvalue weighted by Gasteiger charge is -2.10. The van der Waals surface area contributed by atoms with Gasteiger partial charge in [-0.2, -0.15) is 0 Å². The van der Waals surface area contributed by atoms with E-state index in [-0.39, 0.29) is 24.8 Å². The van der Waals surface area contributed by atoms with Gasteiger partial charge in [0.25, 0.3) is 0 Å². The van der Waals surface area contributed by atoms with Crippen LogP contribution in [0, 0.1) is 5.82 Å². The number of carbonyl (C=O) groups excluding carboxylic acids is 1. The molecule has 2 aromatic rings. The van der Waals surface area contributed by atoms with Gasteiger partial charge in [0, 0.05) is 17.1 Å². The lowest BCUT2D eigenvalue weighted by Crippen LogP contribution is -2.29. The highest BCUT2D eigenvalue weighted by Crippen LogP contribution is 2.24. The van der Waals surface area contributed by atoms with Crippen LogP contribution >= 0.6 is 23.2 Å². The van der Waals surface area contributed by atoms with Crippen LogP contribution in [0.3, 0.4) is 0 Å². The number of hydrogen-bond acceptors (Lipinski definition) is 2. The Hall–Kier alpha value is -1.78. The summed E-state index contributed by atoms with van der Waals surface area (Å²) in [6.07, 6.45) is 0. The quantitative estimate of drug-likeness (QED) is 0.875. The molecule has 0 aliphatic heterocycles. The van der Waals surface area contributed by atoms with Crippen LogP contribution in [-0.2, 0) is 11.3 Å².